The van der Waals surface area contributed by atoms with Gasteiger partial charge in [-0.15, -0.1) is 13.2 Å². The molecule has 4 nitrogen and oxygen atoms in total. The van der Waals surface area contributed by atoms with Crippen molar-refractivity contribution in [3.63, 3.8) is 0 Å². The summed E-state index contributed by atoms with van der Waals surface area (Å²) in [6.45, 7) is 0. The van der Waals surface area contributed by atoms with Crippen LogP contribution in [-0.2, 0) is 0 Å². The number of nitriles is 1. The summed E-state index contributed by atoms with van der Waals surface area (Å²) in [5, 5.41) is 11.4. The van der Waals surface area contributed by atoms with Crippen LogP contribution in [0.1, 0.15) is 5.56 Å². The van der Waals surface area contributed by atoms with Gasteiger partial charge in [0, 0.05) is 18.0 Å². The van der Waals surface area contributed by atoms with Crippen LogP contribution in [0.2, 0.25) is 0 Å². The third-order valence-electron chi connectivity index (χ3n) is 2.23. The monoisotopic (exact) mass is 279 g/mol. The van der Waals surface area contributed by atoms with E-state index in [0.29, 0.717) is 17.1 Å². The zero-order valence-electron chi connectivity index (χ0n) is 9.98. The molecule has 0 bridgehead atoms. The summed E-state index contributed by atoms with van der Waals surface area (Å²) in [6, 6.07) is 10.4. The number of ether oxygens (including phenoxy) is 1. The van der Waals surface area contributed by atoms with Crippen LogP contribution < -0.4 is 10.1 Å². The molecule has 0 amide bonds. The molecule has 0 atom stereocenters. The lowest BCUT2D eigenvalue weighted by atomic mass is 10.3. The van der Waals surface area contributed by atoms with Crippen molar-refractivity contribution in [2.45, 2.75) is 6.36 Å². The first-order valence-electron chi connectivity index (χ1n) is 5.45. The summed E-state index contributed by atoms with van der Waals surface area (Å²) in [5.74, 6) is 0.0873. The fraction of sp³-hybridized carbons (Fsp3) is 0.0769. The van der Waals surface area contributed by atoms with Crippen LogP contribution in [0.5, 0.6) is 5.75 Å². The summed E-state index contributed by atoms with van der Waals surface area (Å²) in [5.41, 5.74) is 0.786. The first-order chi connectivity index (χ1) is 9.46. The van der Waals surface area contributed by atoms with Crippen molar-refractivity contribution >= 4 is 11.5 Å². The van der Waals surface area contributed by atoms with E-state index in [1.165, 1.54) is 24.4 Å². The molecule has 0 aliphatic rings. The third-order valence-corrected chi connectivity index (χ3v) is 2.23. The highest BCUT2D eigenvalue weighted by Crippen LogP contribution is 2.26. The Bertz CT molecular complexity index is 633. The van der Waals surface area contributed by atoms with Crippen molar-refractivity contribution in [3.8, 4) is 11.8 Å². The Morgan fingerprint density at radius 3 is 2.60 bits per heavy atom. The molecule has 0 saturated heterocycles. The van der Waals surface area contributed by atoms with Gasteiger partial charge in [0.2, 0.25) is 0 Å². The van der Waals surface area contributed by atoms with Crippen LogP contribution in [0.25, 0.3) is 0 Å². The quantitative estimate of drug-likeness (QED) is 0.932. The summed E-state index contributed by atoms with van der Waals surface area (Å²) < 4.78 is 40.1. The van der Waals surface area contributed by atoms with E-state index in [1.54, 1.807) is 18.2 Å². The Morgan fingerprint density at radius 1 is 1.20 bits per heavy atom. The molecule has 0 saturated carbocycles. The van der Waals surface area contributed by atoms with Crippen molar-refractivity contribution < 1.29 is 17.9 Å². The molecule has 0 spiro atoms. The molecule has 0 aliphatic heterocycles. The van der Waals surface area contributed by atoms with Crippen LogP contribution in [0.15, 0.2) is 42.6 Å². The van der Waals surface area contributed by atoms with E-state index < -0.39 is 6.36 Å². The third kappa shape index (κ3) is 3.88. The van der Waals surface area contributed by atoms with Crippen molar-refractivity contribution in [3.05, 3.63) is 48.2 Å². The Kier molecular flexibility index (Phi) is 3.75. The summed E-state index contributed by atoms with van der Waals surface area (Å²) in [7, 11) is 0. The minimum absolute atomic E-state index is 0.323. The number of nitrogens with one attached hydrogen (secondary N) is 1. The number of alkyl halides is 3. The van der Waals surface area contributed by atoms with Crippen molar-refractivity contribution in [2.24, 2.45) is 0 Å². The number of hydrogen-bond donors (Lipinski definition) is 1. The lowest BCUT2D eigenvalue weighted by Gasteiger charge is -2.10. The second-order valence-electron chi connectivity index (χ2n) is 3.74. The van der Waals surface area contributed by atoms with E-state index in [-0.39, 0.29) is 5.75 Å². The van der Waals surface area contributed by atoms with Gasteiger partial charge in [0.15, 0.2) is 0 Å². The number of hydrogen-bond acceptors (Lipinski definition) is 4. The SMILES string of the molecule is N#Cc1ccc(Nc2cccc(OC(F)(F)F)c2)nc1. The van der Waals surface area contributed by atoms with Crippen LogP contribution >= 0.6 is 0 Å². The van der Waals surface area contributed by atoms with Crippen LogP contribution in [-0.4, -0.2) is 11.3 Å². The van der Waals surface area contributed by atoms with E-state index in [2.05, 4.69) is 15.0 Å². The fourth-order valence-electron chi connectivity index (χ4n) is 1.45. The Labute approximate surface area is 112 Å². The molecule has 0 aliphatic carbocycles. The van der Waals surface area contributed by atoms with Gasteiger partial charge < -0.3 is 10.1 Å². The smallest absolute Gasteiger partial charge is 0.406 e. The van der Waals surface area contributed by atoms with Gasteiger partial charge in [-0.05, 0) is 24.3 Å². The van der Waals surface area contributed by atoms with Crippen molar-refractivity contribution in [1.82, 2.24) is 4.98 Å². The molecule has 0 fully saturated rings. The largest absolute Gasteiger partial charge is 0.573 e. The van der Waals surface area contributed by atoms with Gasteiger partial charge in [0.05, 0.1) is 5.56 Å². The van der Waals surface area contributed by atoms with Crippen LogP contribution in [0, 0.1) is 11.3 Å². The Balaban J connectivity index is 2.13. The number of nitrogens with zero attached hydrogens (tertiary/aromatic N) is 2. The van der Waals surface area contributed by atoms with E-state index in [1.807, 2.05) is 6.07 Å². The number of benzene rings is 1. The Hall–Kier alpha value is -2.75. The number of rotatable bonds is 3. The molecule has 0 unspecified atom stereocenters. The topological polar surface area (TPSA) is 57.9 Å². The molecule has 1 N–H and O–H groups in total. The molecule has 2 aromatic rings. The lowest BCUT2D eigenvalue weighted by Crippen LogP contribution is -2.17. The predicted molar refractivity (Wildman–Crippen MR) is 65.4 cm³/mol. The molecule has 20 heavy (non-hydrogen) atoms. The van der Waals surface area contributed by atoms with Gasteiger partial charge in [0.25, 0.3) is 0 Å². The predicted octanol–water partition coefficient (Wildman–Crippen LogP) is 3.60. The molecule has 1 aromatic carbocycles. The summed E-state index contributed by atoms with van der Waals surface area (Å²) in [6.07, 6.45) is -3.37. The number of halogens is 3. The second kappa shape index (κ2) is 5.48. The van der Waals surface area contributed by atoms with E-state index in [0.717, 1.165) is 0 Å². The number of aromatic nitrogens is 1. The molecule has 7 heteroatoms. The normalized spacial score (nSPS) is 10.7. The molecule has 1 aromatic heterocycles. The van der Waals surface area contributed by atoms with Gasteiger partial charge in [0.1, 0.15) is 17.6 Å². The van der Waals surface area contributed by atoms with Gasteiger partial charge >= 0.3 is 6.36 Å². The molecule has 1 heterocycles. The summed E-state index contributed by atoms with van der Waals surface area (Å²) >= 11 is 0. The molecular formula is C13H8F3N3O. The molecule has 102 valence electrons. The number of pyridine rings is 1. The highest BCUT2D eigenvalue weighted by Gasteiger charge is 2.31. The Morgan fingerprint density at radius 2 is 2.00 bits per heavy atom. The van der Waals surface area contributed by atoms with Crippen LogP contribution in [0.3, 0.4) is 0 Å². The van der Waals surface area contributed by atoms with Gasteiger partial charge in [-0.25, -0.2) is 4.98 Å². The molecular weight excluding hydrogens is 271 g/mol. The van der Waals surface area contributed by atoms with Crippen molar-refractivity contribution in [2.75, 3.05) is 5.32 Å². The second-order valence-corrected chi connectivity index (χ2v) is 3.74. The van der Waals surface area contributed by atoms with E-state index in [9.17, 15) is 13.2 Å². The van der Waals surface area contributed by atoms with Crippen LogP contribution in [0.4, 0.5) is 24.7 Å². The van der Waals surface area contributed by atoms with Gasteiger partial charge in [-0.2, -0.15) is 5.26 Å². The lowest BCUT2D eigenvalue weighted by molar-refractivity contribution is -0.274. The zero-order valence-corrected chi connectivity index (χ0v) is 9.98. The zero-order chi connectivity index (χ0) is 14.6. The first-order valence-corrected chi connectivity index (χ1v) is 5.45. The molecule has 0 radical (unpaired) electrons. The van der Waals surface area contributed by atoms with Crippen molar-refractivity contribution in [1.29, 1.82) is 5.26 Å². The maximum absolute atomic E-state index is 12.1. The molecule has 2 rings (SSSR count). The minimum atomic E-state index is -4.73. The minimum Gasteiger partial charge on any atom is -0.406 e. The fourth-order valence-corrected chi connectivity index (χ4v) is 1.45. The average molecular weight is 279 g/mol. The number of anilines is 2. The van der Waals surface area contributed by atoms with E-state index in [4.69, 9.17) is 5.26 Å². The highest BCUT2D eigenvalue weighted by atomic mass is 19.4. The maximum Gasteiger partial charge on any atom is 0.573 e. The summed E-state index contributed by atoms with van der Waals surface area (Å²) in [4.78, 5) is 3.95. The van der Waals surface area contributed by atoms with Gasteiger partial charge in [-0.1, -0.05) is 6.07 Å². The highest BCUT2D eigenvalue weighted by molar-refractivity contribution is 5.58. The average Bonchev–Trinajstić information content (AvgIpc) is 2.38. The first kappa shape index (κ1) is 13.7. The van der Waals surface area contributed by atoms with E-state index >= 15 is 0 Å². The van der Waals surface area contributed by atoms with Gasteiger partial charge in [-0.3, -0.25) is 0 Å². The standard InChI is InChI=1S/C13H8F3N3O/c14-13(15,16)20-11-3-1-2-10(6-11)19-12-5-4-9(7-17)8-18-12/h1-6,8H,(H,18,19). The maximum atomic E-state index is 12.1.